The summed E-state index contributed by atoms with van der Waals surface area (Å²) < 4.78 is 0. The SMILES string of the molecule is O=C1c2ccccc2-c2nc(N3CCNCC3)c3ccccc3c21. The van der Waals surface area contributed by atoms with Crippen LogP contribution in [0.15, 0.2) is 48.5 Å². The minimum absolute atomic E-state index is 0.0937. The molecule has 0 unspecified atom stereocenters. The fourth-order valence-corrected chi connectivity index (χ4v) is 3.81. The van der Waals surface area contributed by atoms with Gasteiger partial charge >= 0.3 is 0 Å². The molecule has 2 aliphatic rings. The number of piperazine rings is 1. The molecule has 0 amide bonds. The van der Waals surface area contributed by atoms with Gasteiger partial charge in [0, 0.05) is 42.7 Å². The fraction of sp³-hybridized carbons (Fsp3) is 0.200. The van der Waals surface area contributed by atoms with Crippen molar-refractivity contribution < 1.29 is 4.79 Å². The number of anilines is 1. The van der Waals surface area contributed by atoms with Crippen molar-refractivity contribution in [2.24, 2.45) is 0 Å². The van der Waals surface area contributed by atoms with E-state index in [9.17, 15) is 4.79 Å². The number of carbonyl (C=O) groups is 1. The van der Waals surface area contributed by atoms with Gasteiger partial charge in [-0.05, 0) is 5.39 Å². The predicted molar refractivity (Wildman–Crippen MR) is 95.7 cm³/mol. The minimum atomic E-state index is 0.0937. The van der Waals surface area contributed by atoms with E-state index < -0.39 is 0 Å². The molecule has 0 saturated carbocycles. The second-order valence-electron chi connectivity index (χ2n) is 6.32. The van der Waals surface area contributed by atoms with Gasteiger partial charge in [-0.15, -0.1) is 0 Å². The van der Waals surface area contributed by atoms with E-state index in [0.29, 0.717) is 0 Å². The average Bonchev–Trinajstić information content (AvgIpc) is 2.95. The van der Waals surface area contributed by atoms with Gasteiger partial charge in [-0.25, -0.2) is 4.98 Å². The largest absolute Gasteiger partial charge is 0.354 e. The van der Waals surface area contributed by atoms with E-state index in [2.05, 4.69) is 16.3 Å². The van der Waals surface area contributed by atoms with Gasteiger partial charge in [0.15, 0.2) is 5.78 Å². The van der Waals surface area contributed by atoms with Crippen LogP contribution < -0.4 is 10.2 Å². The van der Waals surface area contributed by atoms with Crippen LogP contribution in [0.2, 0.25) is 0 Å². The van der Waals surface area contributed by atoms with Crippen molar-refractivity contribution in [3.05, 3.63) is 59.7 Å². The fourth-order valence-electron chi connectivity index (χ4n) is 3.81. The van der Waals surface area contributed by atoms with Gasteiger partial charge in [0.1, 0.15) is 5.82 Å². The Morgan fingerprint density at radius 3 is 2.33 bits per heavy atom. The van der Waals surface area contributed by atoms with Crippen LogP contribution in [0.4, 0.5) is 5.82 Å². The molecule has 118 valence electrons. The number of nitrogens with zero attached hydrogens (tertiary/aromatic N) is 2. The summed E-state index contributed by atoms with van der Waals surface area (Å²) in [5.74, 6) is 1.09. The second kappa shape index (κ2) is 5.14. The van der Waals surface area contributed by atoms with Crippen molar-refractivity contribution in [1.29, 1.82) is 0 Å². The Hall–Kier alpha value is -2.72. The lowest BCUT2D eigenvalue weighted by Gasteiger charge is -2.30. The highest BCUT2D eigenvalue weighted by Gasteiger charge is 2.31. The molecular formula is C20H17N3O. The molecule has 1 aromatic heterocycles. The molecule has 1 fully saturated rings. The molecule has 1 saturated heterocycles. The summed E-state index contributed by atoms with van der Waals surface area (Å²) in [6, 6.07) is 15.9. The van der Waals surface area contributed by atoms with Crippen LogP contribution in [0.3, 0.4) is 0 Å². The smallest absolute Gasteiger partial charge is 0.196 e. The second-order valence-corrected chi connectivity index (χ2v) is 6.32. The van der Waals surface area contributed by atoms with Crippen molar-refractivity contribution in [3.63, 3.8) is 0 Å². The molecule has 1 aliphatic carbocycles. The van der Waals surface area contributed by atoms with E-state index in [0.717, 1.165) is 65.2 Å². The monoisotopic (exact) mass is 315 g/mol. The van der Waals surface area contributed by atoms with E-state index in [4.69, 9.17) is 4.98 Å². The van der Waals surface area contributed by atoms with Gasteiger partial charge in [0.05, 0.1) is 11.3 Å². The molecule has 0 radical (unpaired) electrons. The number of ketones is 1. The number of nitrogens with one attached hydrogen (secondary N) is 1. The normalized spacial score (nSPS) is 16.3. The molecule has 0 spiro atoms. The topological polar surface area (TPSA) is 45.2 Å². The third-order valence-electron chi connectivity index (χ3n) is 4.96. The Labute approximate surface area is 140 Å². The van der Waals surface area contributed by atoms with Crippen molar-refractivity contribution in [2.45, 2.75) is 0 Å². The van der Waals surface area contributed by atoms with Crippen LogP contribution in [0.25, 0.3) is 22.0 Å². The first-order chi connectivity index (χ1) is 11.8. The number of aromatic nitrogens is 1. The average molecular weight is 315 g/mol. The minimum Gasteiger partial charge on any atom is -0.354 e. The Morgan fingerprint density at radius 2 is 1.54 bits per heavy atom. The zero-order valence-corrected chi connectivity index (χ0v) is 13.2. The number of fused-ring (bicyclic) bond motifs is 5. The maximum atomic E-state index is 12.9. The molecule has 0 bridgehead atoms. The lowest BCUT2D eigenvalue weighted by molar-refractivity contribution is 0.104. The molecule has 4 nitrogen and oxygen atoms in total. The molecule has 1 N–H and O–H groups in total. The summed E-state index contributed by atoms with van der Waals surface area (Å²) in [7, 11) is 0. The highest BCUT2D eigenvalue weighted by Crippen LogP contribution is 2.41. The van der Waals surface area contributed by atoms with Crippen molar-refractivity contribution >= 4 is 22.4 Å². The maximum Gasteiger partial charge on any atom is 0.196 e. The van der Waals surface area contributed by atoms with E-state index in [1.54, 1.807) is 0 Å². The first-order valence-electron chi connectivity index (χ1n) is 8.37. The summed E-state index contributed by atoms with van der Waals surface area (Å²) in [5.41, 5.74) is 3.32. The van der Waals surface area contributed by atoms with E-state index in [-0.39, 0.29) is 5.78 Å². The van der Waals surface area contributed by atoms with Crippen LogP contribution in [0.1, 0.15) is 15.9 Å². The van der Waals surface area contributed by atoms with Crippen molar-refractivity contribution in [1.82, 2.24) is 10.3 Å². The van der Waals surface area contributed by atoms with Crippen LogP contribution in [-0.4, -0.2) is 36.9 Å². The number of hydrogen-bond donors (Lipinski definition) is 1. The van der Waals surface area contributed by atoms with Gasteiger partial charge in [0.2, 0.25) is 0 Å². The Morgan fingerprint density at radius 1 is 0.875 bits per heavy atom. The van der Waals surface area contributed by atoms with E-state index in [1.807, 2.05) is 42.5 Å². The van der Waals surface area contributed by atoms with Crippen LogP contribution in [0.5, 0.6) is 0 Å². The van der Waals surface area contributed by atoms with E-state index in [1.165, 1.54) is 0 Å². The molecule has 1 aliphatic heterocycles. The maximum absolute atomic E-state index is 12.9. The highest BCUT2D eigenvalue weighted by atomic mass is 16.1. The third-order valence-corrected chi connectivity index (χ3v) is 4.96. The third kappa shape index (κ3) is 1.83. The first kappa shape index (κ1) is 13.7. The Balaban J connectivity index is 1.83. The summed E-state index contributed by atoms with van der Waals surface area (Å²) in [6.07, 6.45) is 0. The van der Waals surface area contributed by atoms with E-state index >= 15 is 0 Å². The van der Waals surface area contributed by atoms with Gasteiger partial charge in [0.25, 0.3) is 0 Å². The summed E-state index contributed by atoms with van der Waals surface area (Å²) >= 11 is 0. The number of hydrogen-bond acceptors (Lipinski definition) is 4. The number of rotatable bonds is 1. The van der Waals surface area contributed by atoms with Gasteiger partial charge in [-0.2, -0.15) is 0 Å². The number of carbonyl (C=O) groups excluding carboxylic acids is 1. The summed E-state index contributed by atoms with van der Waals surface area (Å²) in [5, 5.41) is 5.46. The summed E-state index contributed by atoms with van der Waals surface area (Å²) in [4.78, 5) is 20.2. The molecule has 0 atom stereocenters. The molecule has 5 rings (SSSR count). The van der Waals surface area contributed by atoms with Crippen LogP contribution in [-0.2, 0) is 0 Å². The number of benzene rings is 2. The number of pyridine rings is 1. The molecule has 2 heterocycles. The molecular weight excluding hydrogens is 298 g/mol. The van der Waals surface area contributed by atoms with Crippen molar-refractivity contribution in [2.75, 3.05) is 31.1 Å². The molecule has 2 aromatic carbocycles. The van der Waals surface area contributed by atoms with Gasteiger partial charge in [-0.1, -0.05) is 48.5 Å². The quantitative estimate of drug-likeness (QED) is 0.587. The Bertz CT molecular complexity index is 974. The van der Waals surface area contributed by atoms with Crippen LogP contribution >= 0.6 is 0 Å². The lowest BCUT2D eigenvalue weighted by atomic mass is 10.0. The molecule has 4 heteroatoms. The zero-order chi connectivity index (χ0) is 16.1. The van der Waals surface area contributed by atoms with Gasteiger partial charge < -0.3 is 10.2 Å². The zero-order valence-electron chi connectivity index (χ0n) is 13.2. The van der Waals surface area contributed by atoms with Gasteiger partial charge in [-0.3, -0.25) is 4.79 Å². The highest BCUT2D eigenvalue weighted by molar-refractivity contribution is 6.27. The molecule has 24 heavy (non-hydrogen) atoms. The Kier molecular flexibility index (Phi) is 2.94. The van der Waals surface area contributed by atoms with Crippen molar-refractivity contribution in [3.8, 4) is 11.3 Å². The van der Waals surface area contributed by atoms with Crippen LogP contribution in [0, 0.1) is 0 Å². The predicted octanol–water partition coefficient (Wildman–Crippen LogP) is 2.86. The standard InChI is InChI=1S/C20H17N3O/c24-19-15-7-3-2-6-14(15)18-17(19)13-5-1-4-8-16(13)20(22-18)23-11-9-21-10-12-23/h1-8,21H,9-12H2. The lowest BCUT2D eigenvalue weighted by Crippen LogP contribution is -2.44. The summed E-state index contributed by atoms with van der Waals surface area (Å²) in [6.45, 7) is 3.79. The molecule has 3 aromatic rings. The first-order valence-corrected chi connectivity index (χ1v) is 8.37.